The zero-order chi connectivity index (χ0) is 72.5. The molecule has 12 N–H and O–H groups in total. The predicted octanol–water partition coefficient (Wildman–Crippen LogP) is 13.9. The van der Waals surface area contributed by atoms with E-state index in [0.717, 1.165) is 44.9 Å². The van der Waals surface area contributed by atoms with Crippen LogP contribution in [0.4, 0.5) is 0 Å². The van der Waals surface area contributed by atoms with Crippen LogP contribution in [0.1, 0.15) is 341 Å². The van der Waals surface area contributed by atoms with E-state index in [1.807, 2.05) is 6.08 Å². The molecular formula is C81H151NO18. The first kappa shape index (κ1) is 92.2. The molecule has 3 aliphatic heterocycles. The predicted molar refractivity (Wildman–Crippen MR) is 397 cm³/mol. The van der Waals surface area contributed by atoms with E-state index in [0.29, 0.717) is 12.8 Å². The van der Waals surface area contributed by atoms with Crippen molar-refractivity contribution < 1.29 is 89.4 Å². The van der Waals surface area contributed by atoms with Gasteiger partial charge in [0, 0.05) is 6.42 Å². The zero-order valence-electron chi connectivity index (χ0n) is 62.9. The third-order valence-corrected chi connectivity index (χ3v) is 20.7. The van der Waals surface area contributed by atoms with Crippen molar-refractivity contribution >= 4 is 5.91 Å². The number of aliphatic hydroxyl groups excluding tert-OH is 11. The molecular weight excluding hydrogens is 1270 g/mol. The highest BCUT2D eigenvalue weighted by atomic mass is 16.8. The molecule has 0 aliphatic carbocycles. The molecule has 0 aromatic carbocycles. The van der Waals surface area contributed by atoms with E-state index in [9.17, 15) is 61.0 Å². The Bertz CT molecular complexity index is 1950. The summed E-state index contributed by atoms with van der Waals surface area (Å²) in [5.74, 6) is -0.282. The highest BCUT2D eigenvalue weighted by Gasteiger charge is 2.54. The van der Waals surface area contributed by atoms with Crippen molar-refractivity contribution in [2.24, 2.45) is 0 Å². The largest absolute Gasteiger partial charge is 0.394 e. The highest BCUT2D eigenvalue weighted by molar-refractivity contribution is 5.76. The van der Waals surface area contributed by atoms with Crippen LogP contribution in [0.3, 0.4) is 0 Å². The molecule has 100 heavy (non-hydrogen) atoms. The molecule has 0 radical (unpaired) electrons. The zero-order valence-corrected chi connectivity index (χ0v) is 62.9. The second-order valence-electron chi connectivity index (χ2n) is 29.6. The fourth-order valence-electron chi connectivity index (χ4n) is 14.1. The maximum atomic E-state index is 13.5. The molecule has 0 aromatic heterocycles. The summed E-state index contributed by atoms with van der Waals surface area (Å²) in [6.07, 6.45) is 50.0. The molecule has 3 rings (SSSR count). The molecule has 3 heterocycles. The third-order valence-electron chi connectivity index (χ3n) is 20.7. The van der Waals surface area contributed by atoms with Gasteiger partial charge in [0.15, 0.2) is 18.9 Å². The molecule has 17 atom stereocenters. The number of amides is 1. The van der Waals surface area contributed by atoms with Gasteiger partial charge < -0.3 is 89.9 Å². The standard InChI is InChI=1S/C81H151NO18/c1-3-5-7-9-11-13-15-17-19-21-23-25-27-29-31-32-33-34-36-38-40-42-44-46-48-50-52-54-56-58-65(86)64(82-69(87)59-57-55-53-51-49-47-45-43-41-39-37-35-30-28-26-24-22-20-18-16-14-12-10-8-6-4-2)63-95-79-75(93)72(90)77(67(61-84)97-79)100-81-76(94)73(91)78(68(62-85)98-81)99-80-74(92)71(89)70(88)66(60-83)96-80/h40,42,48,50,56,58,64-68,70-81,83-86,88-94H,3-39,41,43-47,49,51-55,57,59-63H2,1-2H3,(H,82,87)/b42-40+,50-48+,58-56+. The van der Waals surface area contributed by atoms with E-state index in [-0.39, 0.29) is 18.9 Å². The summed E-state index contributed by atoms with van der Waals surface area (Å²) in [7, 11) is 0. The lowest BCUT2D eigenvalue weighted by Crippen LogP contribution is -2.66. The number of nitrogens with one attached hydrogen (secondary N) is 1. The van der Waals surface area contributed by atoms with E-state index in [1.54, 1.807) is 6.08 Å². The molecule has 0 aromatic rings. The van der Waals surface area contributed by atoms with Gasteiger partial charge in [-0.15, -0.1) is 0 Å². The van der Waals surface area contributed by atoms with Crippen LogP contribution in [0, 0.1) is 0 Å². The summed E-state index contributed by atoms with van der Waals surface area (Å²) < 4.78 is 34.4. The summed E-state index contributed by atoms with van der Waals surface area (Å²) in [5.41, 5.74) is 0. The number of hydrogen-bond donors (Lipinski definition) is 12. The normalized spacial score (nSPS) is 26.6. The van der Waals surface area contributed by atoms with Crippen molar-refractivity contribution in [1.82, 2.24) is 5.32 Å². The maximum Gasteiger partial charge on any atom is 0.220 e. The lowest BCUT2D eigenvalue weighted by molar-refractivity contribution is -0.379. The minimum atomic E-state index is -1.98. The van der Waals surface area contributed by atoms with Crippen LogP contribution in [0.2, 0.25) is 0 Å². The summed E-state index contributed by atoms with van der Waals surface area (Å²) in [6, 6.07) is -0.996. The topological polar surface area (TPSA) is 307 Å². The van der Waals surface area contributed by atoms with Crippen LogP contribution in [0.5, 0.6) is 0 Å². The minimum absolute atomic E-state index is 0.236. The average Bonchev–Trinajstić information content (AvgIpc) is 0.783. The molecule has 3 fully saturated rings. The molecule has 19 heteroatoms. The van der Waals surface area contributed by atoms with E-state index >= 15 is 0 Å². The monoisotopic (exact) mass is 1430 g/mol. The second-order valence-corrected chi connectivity index (χ2v) is 29.6. The first-order valence-electron chi connectivity index (χ1n) is 41.2. The van der Waals surface area contributed by atoms with Crippen molar-refractivity contribution in [1.29, 1.82) is 0 Å². The van der Waals surface area contributed by atoms with Gasteiger partial charge in [-0.2, -0.15) is 0 Å². The Hall–Kier alpha value is -1.99. The summed E-state index contributed by atoms with van der Waals surface area (Å²) in [5, 5.41) is 121. The average molecular weight is 1430 g/mol. The Labute approximate surface area is 606 Å². The van der Waals surface area contributed by atoms with Gasteiger partial charge in [0.2, 0.25) is 5.91 Å². The van der Waals surface area contributed by atoms with Crippen molar-refractivity contribution in [3.05, 3.63) is 36.5 Å². The van der Waals surface area contributed by atoms with Crippen molar-refractivity contribution in [2.75, 3.05) is 26.4 Å². The van der Waals surface area contributed by atoms with E-state index in [2.05, 4.69) is 43.5 Å². The van der Waals surface area contributed by atoms with Gasteiger partial charge in [-0.3, -0.25) is 4.79 Å². The molecule has 0 bridgehead atoms. The van der Waals surface area contributed by atoms with Gasteiger partial charge in [-0.25, -0.2) is 0 Å². The molecule has 3 saturated heterocycles. The number of carbonyl (C=O) groups is 1. The minimum Gasteiger partial charge on any atom is -0.394 e. The Kier molecular flexibility index (Phi) is 57.3. The maximum absolute atomic E-state index is 13.5. The van der Waals surface area contributed by atoms with Gasteiger partial charge in [0.1, 0.15) is 73.2 Å². The molecule has 0 spiro atoms. The van der Waals surface area contributed by atoms with Crippen LogP contribution < -0.4 is 5.32 Å². The van der Waals surface area contributed by atoms with Gasteiger partial charge in [0.05, 0.1) is 38.6 Å². The third kappa shape index (κ3) is 41.8. The highest BCUT2D eigenvalue weighted by Crippen LogP contribution is 2.33. The van der Waals surface area contributed by atoms with E-state index < -0.39 is 124 Å². The van der Waals surface area contributed by atoms with Crippen LogP contribution >= 0.6 is 0 Å². The number of rotatable bonds is 66. The summed E-state index contributed by atoms with van der Waals surface area (Å²) in [6.45, 7) is 1.77. The Morgan fingerprint density at radius 1 is 0.350 bits per heavy atom. The lowest BCUT2D eigenvalue weighted by atomic mass is 9.96. The number of ether oxygens (including phenoxy) is 6. The van der Waals surface area contributed by atoms with Crippen LogP contribution in [0.25, 0.3) is 0 Å². The SMILES string of the molecule is CCCCCCCCCCCCCCCCCCCCC/C=C/CC/C=C/CC/C=C/C(O)C(COC1OC(CO)C(OC2OC(CO)C(OC3OC(CO)C(O)C(O)C3O)C(O)C2O)C(O)C1O)NC(=O)CCCCCCCCCCCCCCCCCCCCCCCCCCCC. The molecule has 3 aliphatic rings. The molecule has 0 saturated carbocycles. The van der Waals surface area contributed by atoms with Gasteiger partial charge in [0.25, 0.3) is 0 Å². The van der Waals surface area contributed by atoms with Crippen LogP contribution in [-0.2, 0) is 33.2 Å². The van der Waals surface area contributed by atoms with Gasteiger partial charge in [-0.05, 0) is 44.9 Å². The molecule has 19 nitrogen and oxygen atoms in total. The van der Waals surface area contributed by atoms with Gasteiger partial charge in [-0.1, -0.05) is 326 Å². The summed E-state index contributed by atoms with van der Waals surface area (Å²) >= 11 is 0. The first-order valence-corrected chi connectivity index (χ1v) is 41.2. The van der Waals surface area contributed by atoms with Crippen molar-refractivity contribution in [2.45, 2.75) is 446 Å². The van der Waals surface area contributed by atoms with Gasteiger partial charge >= 0.3 is 0 Å². The number of carbonyl (C=O) groups excluding carboxylic acids is 1. The Morgan fingerprint density at radius 3 is 1.00 bits per heavy atom. The number of hydrogen-bond acceptors (Lipinski definition) is 18. The Balaban J connectivity index is 1.39. The van der Waals surface area contributed by atoms with E-state index in [4.69, 9.17) is 28.4 Å². The molecule has 588 valence electrons. The molecule has 17 unspecified atom stereocenters. The van der Waals surface area contributed by atoms with Crippen molar-refractivity contribution in [3.63, 3.8) is 0 Å². The second kappa shape index (κ2) is 62.1. The number of unbranched alkanes of at least 4 members (excludes halogenated alkanes) is 46. The lowest BCUT2D eigenvalue weighted by Gasteiger charge is -2.48. The van der Waals surface area contributed by atoms with E-state index in [1.165, 1.54) is 263 Å². The van der Waals surface area contributed by atoms with Crippen LogP contribution in [-0.4, -0.2) is 193 Å². The first-order chi connectivity index (χ1) is 48.8. The molecule has 1 amide bonds. The fraction of sp³-hybridized carbons (Fsp3) is 0.914. The van der Waals surface area contributed by atoms with Crippen molar-refractivity contribution in [3.8, 4) is 0 Å². The van der Waals surface area contributed by atoms with Crippen LogP contribution in [0.15, 0.2) is 36.5 Å². The smallest absolute Gasteiger partial charge is 0.220 e. The number of aliphatic hydroxyl groups is 11. The number of allylic oxidation sites excluding steroid dienone is 5. The fourth-order valence-corrected chi connectivity index (χ4v) is 14.1. The summed E-state index contributed by atoms with van der Waals surface area (Å²) in [4.78, 5) is 13.5. The quantitative estimate of drug-likeness (QED) is 0.0199. The Morgan fingerprint density at radius 2 is 0.640 bits per heavy atom.